The maximum atomic E-state index is 13.2. The van der Waals surface area contributed by atoms with Crippen LogP contribution in [0, 0.1) is 25.7 Å². The Balaban J connectivity index is 1.47. The molecule has 0 aliphatic carbocycles. The van der Waals surface area contributed by atoms with Crippen molar-refractivity contribution in [2.75, 3.05) is 36.1 Å². The lowest BCUT2D eigenvalue weighted by Crippen LogP contribution is -2.35. The summed E-state index contributed by atoms with van der Waals surface area (Å²) in [5, 5.41) is 1.34. The predicted molar refractivity (Wildman–Crippen MR) is 111 cm³/mol. The molecule has 2 aliphatic rings. The van der Waals surface area contributed by atoms with Crippen LogP contribution in [-0.2, 0) is 0 Å². The van der Waals surface area contributed by atoms with E-state index in [-0.39, 0.29) is 5.91 Å². The van der Waals surface area contributed by atoms with Crippen LogP contribution >= 0.6 is 0 Å². The maximum Gasteiger partial charge on any atom is 0.257 e. The van der Waals surface area contributed by atoms with Gasteiger partial charge in [-0.1, -0.05) is 0 Å². The number of rotatable bonds is 4. The third-order valence-corrected chi connectivity index (χ3v) is 5.58. The summed E-state index contributed by atoms with van der Waals surface area (Å²) in [6.07, 6.45) is 6.01. The zero-order chi connectivity index (χ0) is 20.5. The Kier molecular flexibility index (Phi) is 5.06. The van der Waals surface area contributed by atoms with Gasteiger partial charge in [-0.25, -0.2) is 15.8 Å². The third kappa shape index (κ3) is 3.73. The minimum atomic E-state index is -0.0578. The number of amides is 1. The molecular weight excluding hydrogens is 368 g/mol. The Morgan fingerprint density at radius 1 is 1.17 bits per heavy atom. The van der Waals surface area contributed by atoms with E-state index in [1.165, 1.54) is 17.4 Å². The van der Waals surface area contributed by atoms with Crippen molar-refractivity contribution in [1.82, 2.24) is 19.9 Å². The number of carbonyl (C=O) groups is 1. The molecule has 2 aliphatic heterocycles. The van der Waals surface area contributed by atoms with E-state index in [2.05, 4.69) is 19.9 Å². The van der Waals surface area contributed by atoms with E-state index in [4.69, 9.17) is 11.6 Å². The maximum absolute atomic E-state index is 13.2. The van der Waals surface area contributed by atoms with Crippen LogP contribution in [0.25, 0.3) is 0 Å². The van der Waals surface area contributed by atoms with Gasteiger partial charge in [0.05, 0.1) is 11.3 Å². The highest BCUT2D eigenvalue weighted by molar-refractivity contribution is 5.99. The molecule has 0 saturated carbocycles. The average Bonchev–Trinajstić information content (AvgIpc) is 3.26. The van der Waals surface area contributed by atoms with E-state index in [1.54, 1.807) is 18.5 Å². The Morgan fingerprint density at radius 3 is 2.45 bits per heavy atom. The Hall–Kier alpha value is -3.20. The summed E-state index contributed by atoms with van der Waals surface area (Å²) < 4.78 is 0. The highest BCUT2D eigenvalue weighted by atomic mass is 16.2. The van der Waals surface area contributed by atoms with Gasteiger partial charge in [-0.15, -0.1) is 0 Å². The minimum Gasteiger partial charge on any atom is -0.403 e. The molecule has 4 heterocycles. The van der Waals surface area contributed by atoms with E-state index in [0.29, 0.717) is 36.2 Å². The largest absolute Gasteiger partial charge is 0.403 e. The molecule has 0 aromatic carbocycles. The van der Waals surface area contributed by atoms with Crippen LogP contribution in [0.3, 0.4) is 0 Å². The Morgan fingerprint density at radius 2 is 1.83 bits per heavy atom. The van der Waals surface area contributed by atoms with E-state index < -0.39 is 0 Å². The Bertz CT molecular complexity index is 912. The number of fused-ring (bicyclic) bond motifs is 1. The molecule has 0 radical (unpaired) electrons. The highest BCUT2D eigenvalue weighted by Crippen LogP contribution is 2.34. The van der Waals surface area contributed by atoms with Crippen LogP contribution in [0.1, 0.15) is 21.7 Å². The van der Waals surface area contributed by atoms with E-state index in [9.17, 15) is 4.79 Å². The molecule has 4 rings (SSSR count). The molecule has 29 heavy (non-hydrogen) atoms. The number of hydrogen-bond donors (Lipinski definition) is 2. The first-order valence-electron chi connectivity index (χ1n) is 9.69. The second kappa shape index (κ2) is 7.67. The van der Waals surface area contributed by atoms with Gasteiger partial charge in [0.25, 0.3) is 5.91 Å². The van der Waals surface area contributed by atoms with E-state index >= 15 is 0 Å². The summed E-state index contributed by atoms with van der Waals surface area (Å²) in [5.41, 5.74) is 8.43. The third-order valence-electron chi connectivity index (χ3n) is 5.58. The van der Waals surface area contributed by atoms with Crippen molar-refractivity contribution in [3.05, 3.63) is 53.9 Å². The molecule has 0 spiro atoms. The lowest BCUT2D eigenvalue weighted by atomic mass is 10.0. The molecule has 2 aromatic rings. The number of anilines is 2. The molecule has 1 amide bonds. The van der Waals surface area contributed by atoms with Gasteiger partial charge in [0.15, 0.2) is 0 Å². The topological polar surface area (TPSA) is 118 Å². The van der Waals surface area contributed by atoms with Crippen LogP contribution < -0.4 is 21.5 Å². The number of likely N-dealkylation sites (tertiary alicyclic amines) is 1. The molecule has 9 nitrogen and oxygen atoms in total. The molecule has 2 saturated heterocycles. The van der Waals surface area contributed by atoms with Gasteiger partial charge in [0.1, 0.15) is 0 Å². The number of carbonyl (C=O) groups excluding carboxylic acids is 1. The second-order valence-corrected chi connectivity index (χ2v) is 7.73. The van der Waals surface area contributed by atoms with Gasteiger partial charge in [-0.3, -0.25) is 14.8 Å². The van der Waals surface area contributed by atoms with Crippen LogP contribution in [0.15, 0.2) is 36.9 Å². The fourth-order valence-corrected chi connectivity index (χ4v) is 4.29. The van der Waals surface area contributed by atoms with Crippen LogP contribution in [0.2, 0.25) is 0 Å². The van der Waals surface area contributed by atoms with Gasteiger partial charge in [0, 0.05) is 74.2 Å². The minimum absolute atomic E-state index is 0.0578. The Labute approximate surface area is 170 Å². The summed E-state index contributed by atoms with van der Waals surface area (Å²) >= 11 is 0. The quantitative estimate of drug-likeness (QED) is 0.578. The molecule has 2 aromatic heterocycles. The normalized spacial score (nSPS) is 21.1. The SMILES string of the molecule is Cc1cc(C)nc(N2CC3CN(C(=O)c4cnccc4N(N)/C=C\N)CC3C2)n1. The molecule has 4 N–H and O–H groups in total. The molecule has 0 bridgehead atoms. The van der Waals surface area contributed by atoms with Crippen molar-refractivity contribution in [2.45, 2.75) is 13.8 Å². The van der Waals surface area contributed by atoms with Gasteiger partial charge in [-0.05, 0) is 26.0 Å². The van der Waals surface area contributed by atoms with Gasteiger partial charge < -0.3 is 15.5 Å². The van der Waals surface area contributed by atoms with E-state index in [1.807, 2.05) is 24.8 Å². The van der Waals surface area contributed by atoms with Gasteiger partial charge >= 0.3 is 0 Å². The molecular formula is C20H26N8O. The number of nitrogens with zero attached hydrogens (tertiary/aromatic N) is 6. The lowest BCUT2D eigenvalue weighted by molar-refractivity contribution is 0.0783. The standard InChI is InChI=1S/C20H26N8O/c1-13-7-14(2)25-20(24-13)27-11-15-9-26(10-16(15)12-27)19(29)17-8-23-5-3-18(17)28(22)6-4-21/h3-8,15-16H,9-12,21-22H2,1-2H3/b6-4-. The first-order chi connectivity index (χ1) is 14.0. The molecule has 9 heteroatoms. The number of nitrogens with two attached hydrogens (primary N) is 2. The van der Waals surface area contributed by atoms with Crippen molar-refractivity contribution >= 4 is 17.5 Å². The van der Waals surface area contributed by atoms with Gasteiger partial charge in [0.2, 0.25) is 5.95 Å². The van der Waals surface area contributed by atoms with Crippen molar-refractivity contribution in [1.29, 1.82) is 0 Å². The number of aryl methyl sites for hydroxylation is 2. The zero-order valence-corrected chi connectivity index (χ0v) is 16.7. The molecule has 2 atom stereocenters. The number of hydrogen-bond acceptors (Lipinski definition) is 8. The number of hydrazine groups is 1. The van der Waals surface area contributed by atoms with Crippen LogP contribution in [0.4, 0.5) is 11.6 Å². The van der Waals surface area contributed by atoms with Gasteiger partial charge in [-0.2, -0.15) is 0 Å². The van der Waals surface area contributed by atoms with E-state index in [0.717, 1.165) is 30.4 Å². The number of aromatic nitrogens is 3. The summed E-state index contributed by atoms with van der Waals surface area (Å²) in [4.78, 5) is 30.6. The zero-order valence-electron chi connectivity index (χ0n) is 16.7. The predicted octanol–water partition coefficient (Wildman–Crippen LogP) is 0.807. The van der Waals surface area contributed by atoms with Crippen molar-refractivity contribution in [3.8, 4) is 0 Å². The van der Waals surface area contributed by atoms with Crippen LogP contribution in [0.5, 0.6) is 0 Å². The van der Waals surface area contributed by atoms with Crippen LogP contribution in [-0.4, -0.2) is 51.9 Å². The second-order valence-electron chi connectivity index (χ2n) is 7.73. The van der Waals surface area contributed by atoms with Crippen molar-refractivity contribution < 1.29 is 4.79 Å². The van der Waals surface area contributed by atoms with Crippen molar-refractivity contribution in [2.24, 2.45) is 23.4 Å². The summed E-state index contributed by atoms with van der Waals surface area (Å²) in [6, 6.07) is 3.69. The average molecular weight is 394 g/mol. The summed E-state index contributed by atoms with van der Waals surface area (Å²) in [6.45, 7) is 7.10. The first-order valence-corrected chi connectivity index (χ1v) is 9.69. The molecule has 2 unspecified atom stereocenters. The fourth-order valence-electron chi connectivity index (χ4n) is 4.29. The molecule has 152 valence electrons. The smallest absolute Gasteiger partial charge is 0.257 e. The fraction of sp³-hybridized carbons (Fsp3) is 0.400. The summed E-state index contributed by atoms with van der Waals surface area (Å²) in [5.74, 6) is 7.53. The lowest BCUT2D eigenvalue weighted by Gasteiger charge is -2.24. The first kappa shape index (κ1) is 19.1. The molecule has 2 fully saturated rings. The highest BCUT2D eigenvalue weighted by Gasteiger charge is 2.43. The summed E-state index contributed by atoms with van der Waals surface area (Å²) in [7, 11) is 0. The number of pyridine rings is 1. The monoisotopic (exact) mass is 394 g/mol. The van der Waals surface area contributed by atoms with Crippen molar-refractivity contribution in [3.63, 3.8) is 0 Å².